The van der Waals surface area contributed by atoms with E-state index < -0.39 is 11.0 Å². The lowest BCUT2D eigenvalue weighted by Gasteiger charge is -2.43. The minimum atomic E-state index is -0.702. The number of rotatable bonds is 1. The van der Waals surface area contributed by atoms with Gasteiger partial charge in [-0.05, 0) is 31.6 Å². The standard InChI is InChI=1S/C14H23NO/c1-12-7-6-10-14(12,16)13(11-15)8-4-2-3-5-9-13/h12,16H,2-10H2,1H3. The predicted molar refractivity (Wildman–Crippen MR) is 63.7 cm³/mol. The van der Waals surface area contributed by atoms with Gasteiger partial charge >= 0.3 is 0 Å². The van der Waals surface area contributed by atoms with Gasteiger partial charge < -0.3 is 5.11 Å². The van der Waals surface area contributed by atoms with E-state index in [4.69, 9.17) is 0 Å². The van der Waals surface area contributed by atoms with Crippen molar-refractivity contribution in [2.45, 2.75) is 70.3 Å². The van der Waals surface area contributed by atoms with Crippen molar-refractivity contribution in [1.29, 1.82) is 5.26 Å². The largest absolute Gasteiger partial charge is 0.388 e. The van der Waals surface area contributed by atoms with Crippen LogP contribution in [0.3, 0.4) is 0 Å². The maximum absolute atomic E-state index is 10.9. The summed E-state index contributed by atoms with van der Waals surface area (Å²) < 4.78 is 0. The van der Waals surface area contributed by atoms with E-state index in [1.165, 1.54) is 12.8 Å². The minimum absolute atomic E-state index is 0.297. The predicted octanol–water partition coefficient (Wildman–Crippen LogP) is 3.40. The molecule has 0 saturated heterocycles. The van der Waals surface area contributed by atoms with E-state index in [1.807, 2.05) is 0 Å². The topological polar surface area (TPSA) is 44.0 Å². The minimum Gasteiger partial charge on any atom is -0.388 e. The molecular weight excluding hydrogens is 198 g/mol. The Hall–Kier alpha value is -0.550. The molecule has 90 valence electrons. The van der Waals surface area contributed by atoms with Crippen LogP contribution in [0.1, 0.15) is 64.7 Å². The fraction of sp³-hybridized carbons (Fsp3) is 0.929. The van der Waals surface area contributed by atoms with Gasteiger partial charge in [0.2, 0.25) is 0 Å². The van der Waals surface area contributed by atoms with Gasteiger partial charge in [-0.2, -0.15) is 5.26 Å². The Morgan fingerprint density at radius 2 is 1.69 bits per heavy atom. The van der Waals surface area contributed by atoms with E-state index in [0.717, 1.165) is 44.9 Å². The molecular formula is C14H23NO. The molecule has 1 N–H and O–H groups in total. The zero-order valence-electron chi connectivity index (χ0n) is 10.3. The summed E-state index contributed by atoms with van der Waals surface area (Å²) in [6.45, 7) is 2.12. The fourth-order valence-corrected chi connectivity index (χ4v) is 3.85. The summed E-state index contributed by atoms with van der Waals surface area (Å²) in [6, 6.07) is 2.52. The summed E-state index contributed by atoms with van der Waals surface area (Å²) >= 11 is 0. The lowest BCUT2D eigenvalue weighted by atomic mass is 9.64. The van der Waals surface area contributed by atoms with E-state index in [1.54, 1.807) is 0 Å². The monoisotopic (exact) mass is 221 g/mol. The molecule has 2 fully saturated rings. The lowest BCUT2D eigenvalue weighted by Crippen LogP contribution is -2.49. The van der Waals surface area contributed by atoms with Gasteiger partial charge in [-0.3, -0.25) is 0 Å². The van der Waals surface area contributed by atoms with Crippen LogP contribution in [0.4, 0.5) is 0 Å². The quantitative estimate of drug-likeness (QED) is 0.690. The van der Waals surface area contributed by atoms with Gasteiger partial charge in [-0.15, -0.1) is 0 Å². The number of hydrogen-bond acceptors (Lipinski definition) is 2. The SMILES string of the molecule is CC1CCCC1(O)C1(C#N)CCCCCC1. The van der Waals surface area contributed by atoms with Gasteiger partial charge in [0.1, 0.15) is 0 Å². The molecule has 0 spiro atoms. The molecule has 2 nitrogen and oxygen atoms in total. The van der Waals surface area contributed by atoms with E-state index in [-0.39, 0.29) is 0 Å². The highest BCUT2D eigenvalue weighted by Gasteiger charge is 2.55. The highest BCUT2D eigenvalue weighted by molar-refractivity contribution is 5.15. The second-order valence-electron chi connectivity index (χ2n) is 5.83. The maximum Gasteiger partial charge on any atom is 0.0862 e. The van der Waals surface area contributed by atoms with Crippen molar-refractivity contribution in [3.8, 4) is 6.07 Å². The molecule has 0 aromatic heterocycles. The van der Waals surface area contributed by atoms with Crippen LogP contribution < -0.4 is 0 Å². The van der Waals surface area contributed by atoms with Crippen molar-refractivity contribution in [3.05, 3.63) is 0 Å². The number of nitrogens with zero attached hydrogens (tertiary/aromatic N) is 1. The Labute approximate surface area is 98.7 Å². The number of hydrogen-bond donors (Lipinski definition) is 1. The normalized spacial score (nSPS) is 38.9. The molecule has 2 atom stereocenters. The maximum atomic E-state index is 10.9. The Kier molecular flexibility index (Phi) is 3.26. The second kappa shape index (κ2) is 4.37. The van der Waals surface area contributed by atoms with Crippen LogP contribution in [-0.2, 0) is 0 Å². The molecule has 0 aromatic rings. The molecule has 2 aliphatic carbocycles. The molecule has 2 rings (SSSR count). The van der Waals surface area contributed by atoms with Gasteiger partial charge in [-0.25, -0.2) is 0 Å². The summed E-state index contributed by atoms with van der Waals surface area (Å²) in [6.07, 6.45) is 9.50. The van der Waals surface area contributed by atoms with Gasteiger partial charge in [0.25, 0.3) is 0 Å². The van der Waals surface area contributed by atoms with Crippen molar-refractivity contribution in [3.63, 3.8) is 0 Å². The van der Waals surface area contributed by atoms with Gasteiger partial charge in [0, 0.05) is 0 Å². The average Bonchev–Trinajstić information content (AvgIpc) is 2.55. The highest BCUT2D eigenvalue weighted by atomic mass is 16.3. The van der Waals surface area contributed by atoms with Crippen molar-refractivity contribution >= 4 is 0 Å². The van der Waals surface area contributed by atoms with Crippen molar-refractivity contribution in [1.82, 2.24) is 0 Å². The first-order valence-electron chi connectivity index (χ1n) is 6.78. The Morgan fingerprint density at radius 1 is 1.06 bits per heavy atom. The first kappa shape index (κ1) is 11.9. The molecule has 2 unspecified atom stereocenters. The molecule has 0 bridgehead atoms. The molecule has 0 radical (unpaired) electrons. The van der Waals surface area contributed by atoms with Crippen LogP contribution in [0.25, 0.3) is 0 Å². The van der Waals surface area contributed by atoms with E-state index in [9.17, 15) is 10.4 Å². The first-order valence-corrected chi connectivity index (χ1v) is 6.78. The number of nitriles is 1. The molecule has 0 heterocycles. The fourth-order valence-electron chi connectivity index (χ4n) is 3.85. The van der Waals surface area contributed by atoms with Crippen molar-refractivity contribution in [2.75, 3.05) is 0 Å². The van der Waals surface area contributed by atoms with Gasteiger partial charge in [-0.1, -0.05) is 39.0 Å². The van der Waals surface area contributed by atoms with Crippen LogP contribution in [0.15, 0.2) is 0 Å². The molecule has 2 heteroatoms. The molecule has 16 heavy (non-hydrogen) atoms. The number of aliphatic hydroxyl groups is 1. The highest BCUT2D eigenvalue weighted by Crippen LogP contribution is 2.53. The third-order valence-corrected chi connectivity index (χ3v) is 5.01. The summed E-state index contributed by atoms with van der Waals surface area (Å²) in [5.74, 6) is 0.297. The lowest BCUT2D eigenvalue weighted by molar-refractivity contribution is -0.0875. The molecule has 0 aromatic carbocycles. The average molecular weight is 221 g/mol. The van der Waals surface area contributed by atoms with E-state index in [0.29, 0.717) is 5.92 Å². The summed E-state index contributed by atoms with van der Waals surface area (Å²) in [7, 11) is 0. The zero-order chi connectivity index (χ0) is 11.6. The van der Waals surface area contributed by atoms with Crippen LogP contribution in [-0.4, -0.2) is 10.7 Å². The first-order chi connectivity index (χ1) is 7.65. The molecule has 0 amide bonds. The van der Waals surface area contributed by atoms with Crippen LogP contribution in [0.2, 0.25) is 0 Å². The van der Waals surface area contributed by atoms with Crippen molar-refractivity contribution in [2.24, 2.45) is 11.3 Å². The Bertz CT molecular complexity index is 286. The summed E-state index contributed by atoms with van der Waals surface area (Å²) in [4.78, 5) is 0. The molecule has 0 aliphatic heterocycles. The zero-order valence-corrected chi connectivity index (χ0v) is 10.3. The van der Waals surface area contributed by atoms with Crippen LogP contribution in [0.5, 0.6) is 0 Å². The molecule has 2 saturated carbocycles. The smallest absolute Gasteiger partial charge is 0.0862 e. The summed E-state index contributed by atoms with van der Waals surface area (Å²) in [5.41, 5.74) is -1.15. The van der Waals surface area contributed by atoms with E-state index in [2.05, 4.69) is 13.0 Å². The van der Waals surface area contributed by atoms with Crippen LogP contribution in [0, 0.1) is 22.7 Å². The van der Waals surface area contributed by atoms with Gasteiger partial charge in [0.15, 0.2) is 0 Å². The second-order valence-corrected chi connectivity index (χ2v) is 5.83. The van der Waals surface area contributed by atoms with Gasteiger partial charge in [0.05, 0.1) is 17.1 Å². The van der Waals surface area contributed by atoms with Crippen LogP contribution >= 0.6 is 0 Å². The third kappa shape index (κ3) is 1.66. The van der Waals surface area contributed by atoms with Crippen molar-refractivity contribution < 1.29 is 5.11 Å². The van der Waals surface area contributed by atoms with E-state index >= 15 is 0 Å². The third-order valence-electron chi connectivity index (χ3n) is 5.01. The summed E-state index contributed by atoms with van der Waals surface area (Å²) in [5, 5.41) is 20.5. The molecule has 2 aliphatic rings. The Balaban J connectivity index is 2.29. The Morgan fingerprint density at radius 3 is 2.12 bits per heavy atom.